The van der Waals surface area contributed by atoms with Crippen LogP contribution in [0.1, 0.15) is 29.8 Å². The van der Waals surface area contributed by atoms with Gasteiger partial charge in [0.15, 0.2) is 0 Å². The highest BCUT2D eigenvalue weighted by molar-refractivity contribution is 6.04. The molecule has 0 unspecified atom stereocenters. The maximum Gasteiger partial charge on any atom is 0.255 e. The van der Waals surface area contributed by atoms with E-state index in [1.54, 1.807) is 6.07 Å². The van der Waals surface area contributed by atoms with Crippen LogP contribution < -0.4 is 10.1 Å². The van der Waals surface area contributed by atoms with E-state index >= 15 is 0 Å². The molecule has 104 valence electrons. The van der Waals surface area contributed by atoms with Crippen LogP contribution in [0.4, 0.5) is 5.69 Å². The normalized spacial score (nSPS) is 10.4. The molecule has 2 rings (SSSR count). The molecule has 0 radical (unpaired) electrons. The molecule has 0 bridgehead atoms. The summed E-state index contributed by atoms with van der Waals surface area (Å²) in [5.41, 5.74) is 2.48. The lowest BCUT2D eigenvalue weighted by Gasteiger charge is -2.10. The lowest BCUT2D eigenvalue weighted by molar-refractivity contribution is 0.102. The first-order valence-electron chi connectivity index (χ1n) is 6.69. The van der Waals surface area contributed by atoms with Gasteiger partial charge in [-0.25, -0.2) is 0 Å². The molecule has 0 aliphatic heterocycles. The molecular weight excluding hydrogens is 250 g/mol. The van der Waals surface area contributed by atoms with E-state index in [2.05, 4.69) is 5.32 Å². The minimum absolute atomic E-state index is 0.105. The van der Waals surface area contributed by atoms with Crippen molar-refractivity contribution in [1.82, 2.24) is 0 Å². The molecule has 0 heterocycles. The number of benzene rings is 2. The molecule has 3 heteroatoms. The Kier molecular flexibility index (Phi) is 4.41. The van der Waals surface area contributed by atoms with Crippen LogP contribution in [0, 0.1) is 6.92 Å². The third-order valence-corrected chi connectivity index (χ3v) is 2.76. The summed E-state index contributed by atoms with van der Waals surface area (Å²) in [6.45, 7) is 5.93. The van der Waals surface area contributed by atoms with Crippen LogP contribution >= 0.6 is 0 Å². The van der Waals surface area contributed by atoms with Gasteiger partial charge >= 0.3 is 0 Å². The number of ether oxygens (including phenoxy) is 1. The maximum absolute atomic E-state index is 12.1. The number of rotatable bonds is 4. The third kappa shape index (κ3) is 3.85. The van der Waals surface area contributed by atoms with Crippen molar-refractivity contribution in [3.63, 3.8) is 0 Å². The molecule has 0 aliphatic rings. The van der Waals surface area contributed by atoms with Crippen LogP contribution in [-0.4, -0.2) is 12.0 Å². The van der Waals surface area contributed by atoms with Crippen molar-refractivity contribution in [1.29, 1.82) is 0 Å². The third-order valence-electron chi connectivity index (χ3n) is 2.76. The SMILES string of the molecule is Cc1cccc(C(=O)Nc2ccc(OC(C)C)cc2)c1. The van der Waals surface area contributed by atoms with E-state index in [-0.39, 0.29) is 12.0 Å². The van der Waals surface area contributed by atoms with Gasteiger partial charge in [-0.3, -0.25) is 4.79 Å². The van der Waals surface area contributed by atoms with E-state index in [4.69, 9.17) is 4.74 Å². The largest absolute Gasteiger partial charge is 0.491 e. The van der Waals surface area contributed by atoms with Crippen LogP contribution in [0.3, 0.4) is 0 Å². The summed E-state index contributed by atoms with van der Waals surface area (Å²) < 4.78 is 5.56. The molecule has 0 spiro atoms. The topological polar surface area (TPSA) is 38.3 Å². The lowest BCUT2D eigenvalue weighted by atomic mass is 10.1. The maximum atomic E-state index is 12.1. The summed E-state index contributed by atoms with van der Waals surface area (Å²) in [4.78, 5) is 12.1. The first kappa shape index (κ1) is 14.1. The van der Waals surface area contributed by atoms with E-state index in [1.807, 2.05) is 63.2 Å². The molecule has 3 nitrogen and oxygen atoms in total. The van der Waals surface area contributed by atoms with Crippen molar-refractivity contribution in [2.45, 2.75) is 26.9 Å². The molecule has 0 aromatic heterocycles. The summed E-state index contributed by atoms with van der Waals surface area (Å²) in [6, 6.07) is 14.9. The molecule has 1 N–H and O–H groups in total. The average Bonchev–Trinajstić information content (AvgIpc) is 2.40. The van der Waals surface area contributed by atoms with Gasteiger partial charge in [0.25, 0.3) is 5.91 Å². The second-order valence-corrected chi connectivity index (χ2v) is 5.01. The number of hydrogen-bond donors (Lipinski definition) is 1. The zero-order valence-electron chi connectivity index (χ0n) is 12.0. The quantitative estimate of drug-likeness (QED) is 0.909. The molecule has 0 fully saturated rings. The highest BCUT2D eigenvalue weighted by Crippen LogP contribution is 2.17. The molecule has 0 saturated carbocycles. The fraction of sp³-hybridized carbons (Fsp3) is 0.235. The van der Waals surface area contributed by atoms with Crippen LogP contribution in [0.15, 0.2) is 48.5 Å². The molecule has 0 aliphatic carbocycles. The smallest absolute Gasteiger partial charge is 0.255 e. The van der Waals surface area contributed by atoms with Gasteiger partial charge in [0.05, 0.1) is 6.10 Å². The molecule has 2 aromatic carbocycles. The van der Waals surface area contributed by atoms with E-state index in [0.29, 0.717) is 5.56 Å². The van der Waals surface area contributed by atoms with E-state index in [9.17, 15) is 4.79 Å². The fourth-order valence-electron chi connectivity index (χ4n) is 1.88. The van der Waals surface area contributed by atoms with Crippen molar-refractivity contribution in [2.24, 2.45) is 0 Å². The van der Waals surface area contributed by atoms with E-state index < -0.39 is 0 Å². The minimum Gasteiger partial charge on any atom is -0.491 e. The number of carbonyl (C=O) groups is 1. The zero-order chi connectivity index (χ0) is 14.5. The molecule has 0 atom stereocenters. The Morgan fingerprint density at radius 2 is 1.80 bits per heavy atom. The van der Waals surface area contributed by atoms with Gasteiger partial charge in [0, 0.05) is 11.3 Å². The monoisotopic (exact) mass is 269 g/mol. The van der Waals surface area contributed by atoms with Crippen molar-refractivity contribution in [3.8, 4) is 5.75 Å². The Morgan fingerprint density at radius 1 is 1.10 bits per heavy atom. The summed E-state index contributed by atoms with van der Waals surface area (Å²) in [5.74, 6) is 0.694. The first-order valence-corrected chi connectivity index (χ1v) is 6.69. The number of nitrogens with one attached hydrogen (secondary N) is 1. The van der Waals surface area contributed by atoms with Crippen LogP contribution in [0.5, 0.6) is 5.75 Å². The molecule has 0 saturated heterocycles. The summed E-state index contributed by atoms with van der Waals surface area (Å²) in [7, 11) is 0. The average molecular weight is 269 g/mol. The Morgan fingerprint density at radius 3 is 2.40 bits per heavy atom. The highest BCUT2D eigenvalue weighted by atomic mass is 16.5. The van der Waals surface area contributed by atoms with Gasteiger partial charge in [0.1, 0.15) is 5.75 Å². The Hall–Kier alpha value is -2.29. The molecule has 20 heavy (non-hydrogen) atoms. The predicted octanol–water partition coefficient (Wildman–Crippen LogP) is 4.03. The van der Waals surface area contributed by atoms with Crippen molar-refractivity contribution >= 4 is 11.6 Å². The van der Waals surface area contributed by atoms with E-state index in [0.717, 1.165) is 17.0 Å². The number of anilines is 1. The van der Waals surface area contributed by atoms with Gasteiger partial charge in [-0.2, -0.15) is 0 Å². The second kappa shape index (κ2) is 6.24. The van der Waals surface area contributed by atoms with Gasteiger partial charge in [-0.05, 0) is 57.2 Å². The number of aryl methyl sites for hydroxylation is 1. The van der Waals surface area contributed by atoms with Crippen LogP contribution in [0.25, 0.3) is 0 Å². The van der Waals surface area contributed by atoms with Crippen molar-refractivity contribution in [2.75, 3.05) is 5.32 Å². The summed E-state index contributed by atoms with van der Waals surface area (Å²) in [5, 5.41) is 2.87. The van der Waals surface area contributed by atoms with Gasteiger partial charge in [-0.15, -0.1) is 0 Å². The number of carbonyl (C=O) groups excluding carboxylic acids is 1. The minimum atomic E-state index is -0.105. The Bertz CT molecular complexity index is 588. The van der Waals surface area contributed by atoms with Crippen molar-refractivity contribution in [3.05, 3.63) is 59.7 Å². The van der Waals surface area contributed by atoms with Gasteiger partial charge in [-0.1, -0.05) is 17.7 Å². The summed E-state index contributed by atoms with van der Waals surface area (Å²) >= 11 is 0. The van der Waals surface area contributed by atoms with Gasteiger partial charge in [0.2, 0.25) is 0 Å². The molecular formula is C17H19NO2. The van der Waals surface area contributed by atoms with Crippen molar-refractivity contribution < 1.29 is 9.53 Å². The first-order chi connectivity index (χ1) is 9.54. The lowest BCUT2D eigenvalue weighted by Crippen LogP contribution is -2.12. The van der Waals surface area contributed by atoms with E-state index in [1.165, 1.54) is 0 Å². The Labute approximate surface area is 119 Å². The molecule has 1 amide bonds. The predicted molar refractivity (Wildman–Crippen MR) is 81.3 cm³/mol. The zero-order valence-corrected chi connectivity index (χ0v) is 12.0. The highest BCUT2D eigenvalue weighted by Gasteiger charge is 2.06. The number of amides is 1. The Balaban J connectivity index is 2.04. The van der Waals surface area contributed by atoms with Crippen LogP contribution in [0.2, 0.25) is 0 Å². The standard InChI is InChI=1S/C17H19NO2/c1-12(2)20-16-9-7-15(8-10-16)18-17(19)14-6-4-5-13(3)11-14/h4-12H,1-3H3,(H,18,19). The van der Waals surface area contributed by atoms with Gasteiger partial charge < -0.3 is 10.1 Å². The second-order valence-electron chi connectivity index (χ2n) is 5.01. The molecule has 2 aromatic rings. The number of hydrogen-bond acceptors (Lipinski definition) is 2. The van der Waals surface area contributed by atoms with Crippen LogP contribution in [-0.2, 0) is 0 Å². The summed E-state index contributed by atoms with van der Waals surface area (Å²) in [6.07, 6.45) is 0.141. The fourth-order valence-corrected chi connectivity index (χ4v) is 1.88.